The number of carbonyl (C=O) groups is 3. The van der Waals surface area contributed by atoms with Crippen LogP contribution in [-0.4, -0.2) is 121 Å². The minimum absolute atomic E-state index is 0.00997. The lowest BCUT2D eigenvalue weighted by Gasteiger charge is -2.70. The predicted molar refractivity (Wildman–Crippen MR) is 170 cm³/mol. The van der Waals surface area contributed by atoms with Gasteiger partial charge in [-0.15, -0.1) is 0 Å². The second-order valence-electron chi connectivity index (χ2n) is 15.7. The average Bonchev–Trinajstić information content (AvgIpc) is 3.61. The van der Waals surface area contributed by atoms with Crippen molar-refractivity contribution in [1.29, 1.82) is 0 Å². The number of benzene rings is 1. The molecule has 12 nitrogen and oxygen atoms in total. The number of hydrogen-bond acceptors (Lipinski definition) is 11. The van der Waals surface area contributed by atoms with E-state index < -0.39 is 64.2 Å². The minimum Gasteiger partial charge on any atom is -0.461 e. The maximum absolute atomic E-state index is 14.0. The van der Waals surface area contributed by atoms with Gasteiger partial charge in [0.15, 0.2) is 0 Å². The van der Waals surface area contributed by atoms with E-state index in [0.29, 0.717) is 32.4 Å². The Hall–Kier alpha value is -2.45. The highest BCUT2D eigenvalue weighted by Gasteiger charge is 2.91. The number of rotatable bonds is 8. The Morgan fingerprint density at radius 3 is 2.48 bits per heavy atom. The van der Waals surface area contributed by atoms with Gasteiger partial charge in [-0.25, -0.2) is 9.69 Å². The number of likely N-dealkylation sites (N-methyl/N-ethyl adjacent to an activating group) is 1. The van der Waals surface area contributed by atoms with E-state index in [1.54, 1.807) is 52.5 Å². The van der Waals surface area contributed by atoms with Gasteiger partial charge in [0.05, 0.1) is 48.3 Å². The molecular weight excluding hydrogens is 620 g/mol. The average molecular weight is 669 g/mol. The molecule has 7 bridgehead atoms. The van der Waals surface area contributed by atoms with Crippen molar-refractivity contribution < 1.29 is 48.7 Å². The van der Waals surface area contributed by atoms with Gasteiger partial charge < -0.3 is 34.3 Å². The molecule has 5 aliphatic carbocycles. The molecule has 2 aliphatic heterocycles. The van der Waals surface area contributed by atoms with Crippen LogP contribution in [0.2, 0.25) is 0 Å². The van der Waals surface area contributed by atoms with E-state index in [2.05, 4.69) is 4.90 Å². The number of methoxy groups -OCH3 is 3. The predicted octanol–water partition coefficient (Wildman–Crippen LogP) is 1.38. The molecule has 2 amide bonds. The molecule has 14 unspecified atom stereocenters. The van der Waals surface area contributed by atoms with Crippen LogP contribution in [0.5, 0.6) is 0 Å². The van der Waals surface area contributed by atoms with Gasteiger partial charge in [-0.3, -0.25) is 14.5 Å². The fourth-order valence-corrected chi connectivity index (χ4v) is 12.9. The molecule has 14 atom stereocenters. The third-order valence-electron chi connectivity index (χ3n) is 14.3. The van der Waals surface area contributed by atoms with Crippen molar-refractivity contribution in [2.45, 2.75) is 87.6 Å². The second kappa shape index (κ2) is 10.8. The van der Waals surface area contributed by atoms with Gasteiger partial charge in [-0.1, -0.05) is 26.0 Å². The number of likely N-dealkylation sites (tertiary alicyclic amines) is 1. The van der Waals surface area contributed by atoms with E-state index in [1.807, 2.05) is 6.92 Å². The molecule has 3 N–H and O–H groups in total. The summed E-state index contributed by atoms with van der Waals surface area (Å²) in [4.78, 5) is 43.1. The van der Waals surface area contributed by atoms with Gasteiger partial charge in [0.25, 0.3) is 0 Å². The number of amides is 2. The number of anilines is 1. The number of aliphatic hydroxyl groups excluding tert-OH is 1. The van der Waals surface area contributed by atoms with Crippen LogP contribution in [0.3, 0.4) is 0 Å². The number of esters is 1. The van der Waals surface area contributed by atoms with Crippen LogP contribution in [0.15, 0.2) is 24.3 Å². The van der Waals surface area contributed by atoms with Gasteiger partial charge in [-0.05, 0) is 43.9 Å². The number of carbonyl (C=O) groups excluding carboxylic acids is 3. The van der Waals surface area contributed by atoms with E-state index in [-0.39, 0.29) is 66.4 Å². The molecule has 2 heterocycles. The summed E-state index contributed by atoms with van der Waals surface area (Å²) in [6.45, 7) is 4.82. The standard InChI is InChI=1S/C36H48N2O10/c1-6-37-16-33(17-48-31(42)19-9-7-8-10-22(19)38-25(40)13-18(2)30(38)41)12-11-24(45-3)35-21-14-20-23(39)15-34(43,26(21)27(20)46-4)36(44,32(35)37)29(47-5)28(33)35/h7-10,18,20-21,23-24,26-29,32,39,43-44H,6,11-17H2,1-5H3. The van der Waals surface area contributed by atoms with Crippen molar-refractivity contribution in [3.8, 4) is 0 Å². The Morgan fingerprint density at radius 1 is 1.08 bits per heavy atom. The van der Waals surface area contributed by atoms with Crippen LogP contribution in [0.25, 0.3) is 0 Å². The topological polar surface area (TPSA) is 155 Å². The number of nitrogens with zero attached hydrogens (tertiary/aromatic N) is 2. The lowest BCUT2D eigenvalue weighted by atomic mass is 9.42. The van der Waals surface area contributed by atoms with Gasteiger partial charge in [-0.2, -0.15) is 0 Å². The van der Waals surface area contributed by atoms with Crippen molar-refractivity contribution >= 4 is 23.5 Å². The zero-order valence-corrected chi connectivity index (χ0v) is 28.3. The molecule has 7 aliphatic rings. The Morgan fingerprint density at radius 2 is 1.83 bits per heavy atom. The fourth-order valence-electron chi connectivity index (χ4n) is 12.9. The summed E-state index contributed by atoms with van der Waals surface area (Å²) >= 11 is 0. The van der Waals surface area contributed by atoms with Gasteiger partial charge in [0.2, 0.25) is 11.8 Å². The first-order chi connectivity index (χ1) is 22.9. The van der Waals surface area contributed by atoms with Crippen molar-refractivity contribution in [3.05, 3.63) is 29.8 Å². The lowest BCUT2D eigenvalue weighted by Crippen LogP contribution is -2.82. The van der Waals surface area contributed by atoms with Crippen molar-refractivity contribution in [2.75, 3.05) is 45.9 Å². The molecule has 0 aromatic heterocycles. The van der Waals surface area contributed by atoms with Crippen molar-refractivity contribution in [2.24, 2.45) is 40.4 Å². The number of para-hydroxylation sites is 1. The van der Waals surface area contributed by atoms with Crippen LogP contribution in [0.1, 0.15) is 56.3 Å². The van der Waals surface area contributed by atoms with E-state index in [4.69, 9.17) is 18.9 Å². The number of piperidine rings is 1. The first-order valence-corrected chi connectivity index (χ1v) is 17.5. The third-order valence-corrected chi connectivity index (χ3v) is 14.3. The lowest BCUT2D eigenvalue weighted by molar-refractivity contribution is -0.319. The Balaban J connectivity index is 1.23. The summed E-state index contributed by atoms with van der Waals surface area (Å²) in [6.07, 6.45) is -0.413. The molecule has 48 heavy (non-hydrogen) atoms. The molecule has 262 valence electrons. The summed E-state index contributed by atoms with van der Waals surface area (Å²) in [5.74, 6) is -2.96. The highest BCUT2D eigenvalue weighted by atomic mass is 16.5. The summed E-state index contributed by atoms with van der Waals surface area (Å²) in [5.41, 5.74) is -4.49. The van der Waals surface area contributed by atoms with Crippen LogP contribution in [0.4, 0.5) is 5.69 Å². The zero-order chi connectivity index (χ0) is 34.1. The Kier molecular flexibility index (Phi) is 7.35. The molecule has 7 fully saturated rings. The SMILES string of the molecule is CCN1CC2(COC(=O)c3ccccc3N3C(=O)CC(C)C3=O)CCC(OC)C34C5CC6C(O)CC(O)(C5C6OC)C(O)(C(OC)C23)C14. The van der Waals surface area contributed by atoms with E-state index in [9.17, 15) is 29.7 Å². The molecule has 1 spiro atoms. The number of fused-ring (bicyclic) bond motifs is 2. The fraction of sp³-hybridized carbons (Fsp3) is 0.750. The Labute approximate surface area is 280 Å². The van der Waals surface area contributed by atoms with Gasteiger partial charge in [0.1, 0.15) is 11.2 Å². The summed E-state index contributed by atoms with van der Waals surface area (Å²) in [6, 6.07) is 6.02. The maximum Gasteiger partial charge on any atom is 0.340 e. The third kappa shape index (κ3) is 3.62. The van der Waals surface area contributed by atoms with Crippen molar-refractivity contribution in [3.63, 3.8) is 0 Å². The number of aliphatic hydroxyl groups is 3. The van der Waals surface area contributed by atoms with E-state index >= 15 is 0 Å². The largest absolute Gasteiger partial charge is 0.461 e. The van der Waals surface area contributed by atoms with Gasteiger partial charge in [0, 0.05) is 75.2 Å². The summed E-state index contributed by atoms with van der Waals surface area (Å²) < 4.78 is 25.0. The first kappa shape index (κ1) is 32.7. The van der Waals surface area contributed by atoms with Crippen LogP contribution in [-0.2, 0) is 28.5 Å². The first-order valence-electron chi connectivity index (χ1n) is 17.5. The van der Waals surface area contributed by atoms with Crippen molar-refractivity contribution in [1.82, 2.24) is 4.90 Å². The number of imide groups is 1. The summed E-state index contributed by atoms with van der Waals surface area (Å²) in [7, 11) is 4.89. The van der Waals surface area contributed by atoms with E-state index in [0.717, 1.165) is 4.90 Å². The zero-order valence-electron chi connectivity index (χ0n) is 28.3. The monoisotopic (exact) mass is 668 g/mol. The normalized spacial score (nSPS) is 48.7. The molecule has 2 saturated heterocycles. The molecule has 0 radical (unpaired) electrons. The Bertz CT molecular complexity index is 1540. The number of ether oxygens (including phenoxy) is 4. The number of hydrogen-bond donors (Lipinski definition) is 3. The second-order valence-corrected chi connectivity index (χ2v) is 15.7. The molecule has 5 saturated carbocycles. The highest BCUT2D eigenvalue weighted by Crippen LogP contribution is 2.80. The molecule has 8 rings (SSSR count). The van der Waals surface area contributed by atoms with Crippen LogP contribution in [0, 0.1) is 40.4 Å². The smallest absolute Gasteiger partial charge is 0.340 e. The highest BCUT2D eigenvalue weighted by molar-refractivity contribution is 6.22. The molecule has 1 aromatic carbocycles. The maximum atomic E-state index is 14.0. The minimum atomic E-state index is -1.77. The molecular formula is C36H48N2O10. The quantitative estimate of drug-likeness (QED) is 0.272. The van der Waals surface area contributed by atoms with Crippen LogP contribution >= 0.6 is 0 Å². The summed E-state index contributed by atoms with van der Waals surface area (Å²) in [5, 5.41) is 37.7. The van der Waals surface area contributed by atoms with E-state index in [1.165, 1.54) is 0 Å². The van der Waals surface area contributed by atoms with Gasteiger partial charge >= 0.3 is 5.97 Å². The molecule has 12 heteroatoms. The van der Waals surface area contributed by atoms with Crippen LogP contribution < -0.4 is 4.90 Å². The molecule has 1 aromatic rings.